The number of carbonyl (C=O) groups excluding carboxylic acids is 1. The monoisotopic (exact) mass is 396 g/mol. The fourth-order valence-corrected chi connectivity index (χ4v) is 3.62. The Hall–Kier alpha value is -2.55. The Morgan fingerprint density at radius 1 is 1.19 bits per heavy atom. The number of alkyl halides is 2. The standard InChI is InChI=1S/C18H18F2N2O4S/c1-27(24,25)13-4-2-12(3-5-13)14(8-11-9-15(19)16(20)10-11)18(23)21-17-6-7-26-22-17/h2-8,11,15-16H,9-10H2,1H3,(H,21,22,23)/t11?,15-,16+. The van der Waals surface area contributed by atoms with Gasteiger partial charge in [0.25, 0.3) is 5.91 Å². The summed E-state index contributed by atoms with van der Waals surface area (Å²) in [6.07, 6.45) is 0.761. The van der Waals surface area contributed by atoms with E-state index in [-0.39, 0.29) is 29.1 Å². The largest absolute Gasteiger partial charge is 0.363 e. The van der Waals surface area contributed by atoms with E-state index in [1.54, 1.807) is 0 Å². The zero-order valence-electron chi connectivity index (χ0n) is 14.4. The van der Waals surface area contributed by atoms with Gasteiger partial charge in [-0.1, -0.05) is 23.4 Å². The first-order chi connectivity index (χ1) is 12.7. The number of sulfone groups is 1. The van der Waals surface area contributed by atoms with Gasteiger partial charge in [0.05, 0.1) is 4.90 Å². The average Bonchev–Trinajstić information content (AvgIpc) is 3.22. The Morgan fingerprint density at radius 3 is 2.33 bits per heavy atom. The Morgan fingerprint density at radius 2 is 1.81 bits per heavy atom. The van der Waals surface area contributed by atoms with Gasteiger partial charge in [0, 0.05) is 17.9 Å². The number of amides is 1. The number of hydrogen-bond donors (Lipinski definition) is 1. The maximum absolute atomic E-state index is 13.5. The van der Waals surface area contributed by atoms with Crippen molar-refractivity contribution in [2.24, 2.45) is 5.92 Å². The lowest BCUT2D eigenvalue weighted by atomic mass is 9.98. The van der Waals surface area contributed by atoms with E-state index in [4.69, 9.17) is 0 Å². The molecule has 1 aromatic carbocycles. The fraction of sp³-hybridized carbons (Fsp3) is 0.333. The van der Waals surface area contributed by atoms with Crippen molar-refractivity contribution in [3.63, 3.8) is 0 Å². The normalized spacial score (nSPS) is 23.4. The molecule has 9 heteroatoms. The van der Waals surface area contributed by atoms with E-state index >= 15 is 0 Å². The van der Waals surface area contributed by atoms with Crippen LogP contribution in [0.5, 0.6) is 0 Å². The molecule has 0 spiro atoms. The van der Waals surface area contributed by atoms with E-state index in [9.17, 15) is 22.0 Å². The van der Waals surface area contributed by atoms with Gasteiger partial charge < -0.3 is 9.84 Å². The Balaban J connectivity index is 1.93. The molecule has 0 radical (unpaired) electrons. The molecular formula is C18H18F2N2O4S. The molecule has 1 saturated carbocycles. The van der Waals surface area contributed by atoms with E-state index < -0.39 is 34.0 Å². The highest BCUT2D eigenvalue weighted by Gasteiger charge is 2.34. The summed E-state index contributed by atoms with van der Waals surface area (Å²) in [5.74, 6) is -0.784. The molecule has 1 unspecified atom stereocenters. The van der Waals surface area contributed by atoms with E-state index in [0.717, 1.165) is 6.26 Å². The maximum atomic E-state index is 13.5. The van der Waals surface area contributed by atoms with Crippen molar-refractivity contribution in [1.29, 1.82) is 0 Å². The molecule has 1 aliphatic carbocycles. The van der Waals surface area contributed by atoms with Gasteiger partial charge in [-0.05, 0) is 36.5 Å². The van der Waals surface area contributed by atoms with Gasteiger partial charge in [0.15, 0.2) is 15.7 Å². The SMILES string of the molecule is CS(=O)(=O)c1ccc(C(=CC2C[C@@H](F)[C@@H](F)C2)C(=O)Nc2ccon2)cc1. The summed E-state index contributed by atoms with van der Waals surface area (Å²) in [5.41, 5.74) is 0.616. The third kappa shape index (κ3) is 4.60. The quantitative estimate of drug-likeness (QED) is 0.784. The van der Waals surface area contributed by atoms with Gasteiger partial charge in [0.2, 0.25) is 0 Å². The van der Waals surface area contributed by atoms with Crippen LogP contribution in [-0.2, 0) is 14.6 Å². The van der Waals surface area contributed by atoms with Crippen molar-refractivity contribution in [2.75, 3.05) is 11.6 Å². The Labute approximate surface area is 155 Å². The second-order valence-electron chi connectivity index (χ2n) is 6.48. The van der Waals surface area contributed by atoms with E-state index in [1.807, 2.05) is 0 Å². The Bertz CT molecular complexity index is 930. The highest BCUT2D eigenvalue weighted by atomic mass is 32.2. The van der Waals surface area contributed by atoms with Gasteiger partial charge in [-0.2, -0.15) is 0 Å². The summed E-state index contributed by atoms with van der Waals surface area (Å²) < 4.78 is 54.9. The number of rotatable bonds is 5. The topological polar surface area (TPSA) is 89.3 Å². The second-order valence-corrected chi connectivity index (χ2v) is 8.49. The van der Waals surface area contributed by atoms with Crippen molar-refractivity contribution >= 4 is 27.1 Å². The third-order valence-corrected chi connectivity index (χ3v) is 5.50. The minimum Gasteiger partial charge on any atom is -0.363 e. The molecule has 6 nitrogen and oxygen atoms in total. The number of allylic oxidation sites excluding steroid dienone is 1. The molecule has 0 saturated heterocycles. The van der Waals surface area contributed by atoms with E-state index in [1.165, 1.54) is 42.7 Å². The summed E-state index contributed by atoms with van der Waals surface area (Å²) in [4.78, 5) is 12.8. The second kappa shape index (κ2) is 7.59. The van der Waals surface area contributed by atoms with Gasteiger partial charge in [-0.3, -0.25) is 4.79 Å². The molecule has 0 aliphatic heterocycles. The molecule has 3 atom stereocenters. The minimum atomic E-state index is -3.39. The lowest BCUT2D eigenvalue weighted by Gasteiger charge is -2.11. The van der Waals surface area contributed by atoms with Crippen LogP contribution in [0, 0.1) is 5.92 Å². The number of halogens is 2. The lowest BCUT2D eigenvalue weighted by Crippen LogP contribution is -2.15. The smallest absolute Gasteiger partial charge is 0.257 e. The van der Waals surface area contributed by atoms with Crippen LogP contribution in [-0.4, -0.2) is 38.1 Å². The number of aromatic nitrogens is 1. The van der Waals surface area contributed by atoms with Crippen LogP contribution >= 0.6 is 0 Å². The molecule has 144 valence electrons. The molecule has 1 aromatic heterocycles. The zero-order valence-corrected chi connectivity index (χ0v) is 15.2. The first kappa shape index (κ1) is 19.2. The van der Waals surface area contributed by atoms with Crippen LogP contribution in [0.25, 0.3) is 5.57 Å². The van der Waals surface area contributed by atoms with E-state index in [0.29, 0.717) is 5.56 Å². The number of carbonyl (C=O) groups is 1. The van der Waals surface area contributed by atoms with Crippen LogP contribution in [0.15, 0.2) is 52.1 Å². The van der Waals surface area contributed by atoms with Crippen molar-refractivity contribution < 1.29 is 26.5 Å². The molecule has 2 aromatic rings. The number of nitrogens with zero attached hydrogens (tertiary/aromatic N) is 1. The summed E-state index contributed by atoms with van der Waals surface area (Å²) >= 11 is 0. The van der Waals surface area contributed by atoms with Crippen LogP contribution < -0.4 is 5.32 Å². The predicted octanol–water partition coefficient (Wildman–Crippen LogP) is 3.19. The summed E-state index contributed by atoms with van der Waals surface area (Å²) in [6, 6.07) is 7.19. The molecule has 1 aliphatic rings. The molecule has 0 bridgehead atoms. The molecular weight excluding hydrogens is 378 g/mol. The van der Waals surface area contributed by atoms with Gasteiger partial charge >= 0.3 is 0 Å². The predicted molar refractivity (Wildman–Crippen MR) is 95.2 cm³/mol. The lowest BCUT2D eigenvalue weighted by molar-refractivity contribution is -0.111. The summed E-state index contributed by atoms with van der Waals surface area (Å²) in [5, 5.41) is 6.15. The van der Waals surface area contributed by atoms with Crippen LogP contribution in [0.1, 0.15) is 18.4 Å². The summed E-state index contributed by atoms with van der Waals surface area (Å²) in [6.45, 7) is 0. The molecule has 1 fully saturated rings. The van der Waals surface area contributed by atoms with Crippen molar-refractivity contribution in [3.8, 4) is 0 Å². The van der Waals surface area contributed by atoms with Crippen LogP contribution in [0.2, 0.25) is 0 Å². The van der Waals surface area contributed by atoms with Crippen LogP contribution in [0.3, 0.4) is 0 Å². The van der Waals surface area contributed by atoms with Crippen molar-refractivity contribution in [2.45, 2.75) is 30.1 Å². The molecule has 1 N–H and O–H groups in total. The minimum absolute atomic E-state index is 0.0106. The van der Waals surface area contributed by atoms with Crippen LogP contribution in [0.4, 0.5) is 14.6 Å². The van der Waals surface area contributed by atoms with Gasteiger partial charge in [-0.15, -0.1) is 0 Å². The zero-order chi connectivity index (χ0) is 19.6. The highest BCUT2D eigenvalue weighted by molar-refractivity contribution is 7.90. The molecule has 1 heterocycles. The average molecular weight is 396 g/mol. The highest BCUT2D eigenvalue weighted by Crippen LogP contribution is 2.34. The Kier molecular flexibility index (Phi) is 5.41. The first-order valence-electron chi connectivity index (χ1n) is 8.26. The van der Waals surface area contributed by atoms with E-state index in [2.05, 4.69) is 15.0 Å². The molecule has 3 rings (SSSR count). The number of nitrogens with one attached hydrogen (secondary N) is 1. The molecule has 27 heavy (non-hydrogen) atoms. The number of anilines is 1. The fourth-order valence-electron chi connectivity index (χ4n) is 2.99. The number of hydrogen-bond acceptors (Lipinski definition) is 5. The van der Waals surface area contributed by atoms with Gasteiger partial charge in [-0.25, -0.2) is 17.2 Å². The number of benzene rings is 1. The maximum Gasteiger partial charge on any atom is 0.257 e. The van der Waals surface area contributed by atoms with Gasteiger partial charge in [0.1, 0.15) is 18.6 Å². The van der Waals surface area contributed by atoms with Crippen molar-refractivity contribution in [3.05, 3.63) is 48.2 Å². The molecule has 1 amide bonds. The summed E-state index contributed by atoms with van der Waals surface area (Å²) in [7, 11) is -3.39. The first-order valence-corrected chi connectivity index (χ1v) is 10.2. The third-order valence-electron chi connectivity index (χ3n) is 4.37. The van der Waals surface area contributed by atoms with Crippen molar-refractivity contribution in [1.82, 2.24) is 5.16 Å².